The highest BCUT2D eigenvalue weighted by Crippen LogP contribution is 2.10. The Morgan fingerprint density at radius 2 is 1.90 bits per heavy atom. The first-order valence-electron chi connectivity index (χ1n) is 6.87. The molecule has 0 atom stereocenters. The van der Waals surface area contributed by atoms with Crippen molar-refractivity contribution in [2.75, 3.05) is 5.32 Å². The number of carbonyl (C=O) groups is 1. The molecule has 0 bridgehead atoms. The van der Waals surface area contributed by atoms with Crippen molar-refractivity contribution in [3.63, 3.8) is 0 Å². The SMILES string of the molecule is CC(C)NCc1ccc(NC(=O)c2c[nH]ccc2=O)cc1. The predicted molar refractivity (Wildman–Crippen MR) is 83.4 cm³/mol. The molecule has 1 aromatic carbocycles. The number of amides is 1. The van der Waals surface area contributed by atoms with Crippen molar-refractivity contribution < 1.29 is 4.79 Å². The number of aromatic nitrogens is 1. The second kappa shape index (κ2) is 6.85. The number of aromatic amines is 1. The van der Waals surface area contributed by atoms with E-state index < -0.39 is 5.91 Å². The van der Waals surface area contributed by atoms with E-state index in [1.54, 1.807) is 0 Å². The molecule has 0 fully saturated rings. The summed E-state index contributed by atoms with van der Waals surface area (Å²) in [5.74, 6) is -0.412. The van der Waals surface area contributed by atoms with Crippen molar-refractivity contribution >= 4 is 11.6 Å². The lowest BCUT2D eigenvalue weighted by Gasteiger charge is -2.09. The van der Waals surface area contributed by atoms with E-state index in [1.807, 2.05) is 24.3 Å². The van der Waals surface area contributed by atoms with E-state index in [0.29, 0.717) is 11.7 Å². The molecule has 1 amide bonds. The van der Waals surface area contributed by atoms with E-state index in [-0.39, 0.29) is 11.0 Å². The van der Waals surface area contributed by atoms with Gasteiger partial charge in [-0.05, 0) is 17.7 Å². The molecule has 0 spiro atoms. The number of benzene rings is 1. The normalized spacial score (nSPS) is 10.6. The van der Waals surface area contributed by atoms with Crippen molar-refractivity contribution in [2.45, 2.75) is 26.4 Å². The largest absolute Gasteiger partial charge is 0.367 e. The van der Waals surface area contributed by atoms with Crippen LogP contribution >= 0.6 is 0 Å². The Bertz CT molecular complexity index is 660. The zero-order chi connectivity index (χ0) is 15.2. The molecule has 0 saturated carbocycles. The van der Waals surface area contributed by atoms with Gasteiger partial charge < -0.3 is 15.6 Å². The number of anilines is 1. The van der Waals surface area contributed by atoms with Gasteiger partial charge in [0, 0.05) is 36.7 Å². The lowest BCUT2D eigenvalue weighted by atomic mass is 10.2. The van der Waals surface area contributed by atoms with Gasteiger partial charge in [0.2, 0.25) is 0 Å². The van der Waals surface area contributed by atoms with Gasteiger partial charge in [-0.1, -0.05) is 26.0 Å². The number of pyridine rings is 1. The first-order valence-corrected chi connectivity index (χ1v) is 6.87. The maximum atomic E-state index is 12.0. The van der Waals surface area contributed by atoms with E-state index >= 15 is 0 Å². The Balaban J connectivity index is 2.02. The Labute approximate surface area is 123 Å². The van der Waals surface area contributed by atoms with Crippen molar-refractivity contribution in [3.8, 4) is 0 Å². The maximum absolute atomic E-state index is 12.0. The third kappa shape index (κ3) is 4.29. The second-order valence-electron chi connectivity index (χ2n) is 5.11. The molecule has 110 valence electrons. The van der Waals surface area contributed by atoms with Gasteiger partial charge in [-0.3, -0.25) is 9.59 Å². The zero-order valence-electron chi connectivity index (χ0n) is 12.1. The molecule has 0 radical (unpaired) electrons. The third-order valence-corrected chi connectivity index (χ3v) is 2.99. The maximum Gasteiger partial charge on any atom is 0.261 e. The van der Waals surface area contributed by atoms with Gasteiger partial charge in [0.1, 0.15) is 5.56 Å². The summed E-state index contributed by atoms with van der Waals surface area (Å²) in [7, 11) is 0. The van der Waals surface area contributed by atoms with E-state index in [2.05, 4.69) is 29.5 Å². The molecule has 0 aliphatic rings. The molecular formula is C16H19N3O2. The molecule has 21 heavy (non-hydrogen) atoms. The summed E-state index contributed by atoms with van der Waals surface area (Å²) in [6.45, 7) is 4.96. The van der Waals surface area contributed by atoms with E-state index in [9.17, 15) is 9.59 Å². The van der Waals surface area contributed by atoms with Gasteiger partial charge in [-0.15, -0.1) is 0 Å². The molecule has 1 heterocycles. The summed E-state index contributed by atoms with van der Waals surface area (Å²) in [6, 6.07) is 9.29. The van der Waals surface area contributed by atoms with Crippen molar-refractivity contribution in [1.82, 2.24) is 10.3 Å². The minimum Gasteiger partial charge on any atom is -0.367 e. The van der Waals surface area contributed by atoms with Crippen LogP contribution in [0.25, 0.3) is 0 Å². The average Bonchev–Trinajstić information content (AvgIpc) is 2.47. The summed E-state index contributed by atoms with van der Waals surface area (Å²) < 4.78 is 0. The molecule has 0 aliphatic heterocycles. The number of hydrogen-bond acceptors (Lipinski definition) is 3. The Hall–Kier alpha value is -2.40. The molecule has 2 aromatic rings. The average molecular weight is 285 g/mol. The highest BCUT2D eigenvalue weighted by molar-refractivity contribution is 6.03. The van der Waals surface area contributed by atoms with Crippen LogP contribution in [-0.4, -0.2) is 16.9 Å². The zero-order valence-corrected chi connectivity index (χ0v) is 12.1. The van der Waals surface area contributed by atoms with Crippen LogP contribution in [0.2, 0.25) is 0 Å². The third-order valence-electron chi connectivity index (χ3n) is 2.99. The predicted octanol–water partition coefficient (Wildman–Crippen LogP) is 2.13. The van der Waals surface area contributed by atoms with Crippen LogP contribution in [0.5, 0.6) is 0 Å². The topological polar surface area (TPSA) is 74.0 Å². The fourth-order valence-corrected chi connectivity index (χ4v) is 1.82. The Morgan fingerprint density at radius 1 is 1.19 bits per heavy atom. The molecule has 0 aliphatic carbocycles. The Morgan fingerprint density at radius 3 is 2.52 bits per heavy atom. The lowest BCUT2D eigenvalue weighted by molar-refractivity contribution is 0.102. The molecule has 1 aromatic heterocycles. The minimum atomic E-state index is -0.412. The lowest BCUT2D eigenvalue weighted by Crippen LogP contribution is -2.22. The number of hydrogen-bond donors (Lipinski definition) is 3. The van der Waals surface area contributed by atoms with Gasteiger partial charge >= 0.3 is 0 Å². The van der Waals surface area contributed by atoms with E-state index in [1.165, 1.54) is 18.5 Å². The standard InChI is InChI=1S/C16H19N3O2/c1-11(2)18-9-12-3-5-13(6-4-12)19-16(21)14-10-17-8-7-15(14)20/h3-8,10-11,18H,9H2,1-2H3,(H,17,20)(H,19,21). The molecule has 5 nitrogen and oxygen atoms in total. The van der Waals surface area contributed by atoms with Gasteiger partial charge in [0.05, 0.1) is 0 Å². The highest BCUT2D eigenvalue weighted by Gasteiger charge is 2.09. The van der Waals surface area contributed by atoms with Crippen LogP contribution in [-0.2, 0) is 6.54 Å². The fourth-order valence-electron chi connectivity index (χ4n) is 1.82. The van der Waals surface area contributed by atoms with Crippen LogP contribution < -0.4 is 16.1 Å². The summed E-state index contributed by atoms with van der Waals surface area (Å²) >= 11 is 0. The van der Waals surface area contributed by atoms with Crippen LogP contribution in [0.3, 0.4) is 0 Å². The van der Waals surface area contributed by atoms with E-state index in [0.717, 1.165) is 12.1 Å². The second-order valence-corrected chi connectivity index (χ2v) is 5.11. The van der Waals surface area contributed by atoms with Crippen molar-refractivity contribution in [2.24, 2.45) is 0 Å². The smallest absolute Gasteiger partial charge is 0.261 e. The fraction of sp³-hybridized carbons (Fsp3) is 0.250. The molecule has 3 N–H and O–H groups in total. The minimum absolute atomic E-state index is 0.100. The molecule has 2 rings (SSSR count). The molecular weight excluding hydrogens is 266 g/mol. The molecule has 5 heteroatoms. The van der Waals surface area contributed by atoms with Crippen LogP contribution in [0.1, 0.15) is 29.8 Å². The summed E-state index contributed by atoms with van der Waals surface area (Å²) in [4.78, 5) is 26.3. The first-order chi connectivity index (χ1) is 10.1. The number of H-pyrrole nitrogens is 1. The number of carbonyl (C=O) groups excluding carboxylic acids is 1. The molecule has 0 saturated heterocycles. The van der Waals surface area contributed by atoms with Crippen LogP contribution in [0.4, 0.5) is 5.69 Å². The van der Waals surface area contributed by atoms with Gasteiger partial charge in [-0.25, -0.2) is 0 Å². The van der Waals surface area contributed by atoms with Crippen LogP contribution in [0.15, 0.2) is 47.5 Å². The quantitative estimate of drug-likeness (QED) is 0.788. The summed E-state index contributed by atoms with van der Waals surface area (Å²) in [6.07, 6.45) is 2.90. The van der Waals surface area contributed by atoms with Gasteiger partial charge in [-0.2, -0.15) is 0 Å². The van der Waals surface area contributed by atoms with Crippen LogP contribution in [0, 0.1) is 0 Å². The van der Waals surface area contributed by atoms with Gasteiger partial charge in [0.15, 0.2) is 5.43 Å². The highest BCUT2D eigenvalue weighted by atomic mass is 16.2. The molecule has 0 unspecified atom stereocenters. The number of rotatable bonds is 5. The van der Waals surface area contributed by atoms with E-state index in [4.69, 9.17) is 0 Å². The monoisotopic (exact) mass is 285 g/mol. The summed E-state index contributed by atoms with van der Waals surface area (Å²) in [5, 5.41) is 6.03. The van der Waals surface area contributed by atoms with Crippen molar-refractivity contribution in [3.05, 3.63) is 64.1 Å². The Kier molecular flexibility index (Phi) is 4.90. The summed E-state index contributed by atoms with van der Waals surface area (Å²) in [5.41, 5.74) is 1.60. The number of nitrogens with one attached hydrogen (secondary N) is 3. The first kappa shape index (κ1) is 15.0. The van der Waals surface area contributed by atoms with Gasteiger partial charge in [0.25, 0.3) is 5.91 Å². The van der Waals surface area contributed by atoms with Crippen molar-refractivity contribution in [1.29, 1.82) is 0 Å².